The molecule has 0 spiro atoms. The predicted octanol–water partition coefficient (Wildman–Crippen LogP) is 1.40. The van der Waals surface area contributed by atoms with Crippen molar-refractivity contribution in [2.24, 2.45) is 11.8 Å². The Hall–Kier alpha value is -2.47. The molecule has 24 heavy (non-hydrogen) atoms. The lowest BCUT2D eigenvalue weighted by Crippen LogP contribution is -2.38. The number of hydrogen-bond donors (Lipinski definition) is 1. The topological polar surface area (TPSA) is 67.4 Å². The number of para-hydroxylation sites is 1. The molecule has 124 valence electrons. The summed E-state index contributed by atoms with van der Waals surface area (Å²) in [6.45, 7) is 1.72. The van der Waals surface area contributed by atoms with Crippen molar-refractivity contribution in [1.82, 2.24) is 20.2 Å². The van der Waals surface area contributed by atoms with Crippen molar-refractivity contribution < 1.29 is 9.53 Å². The highest BCUT2D eigenvalue weighted by Crippen LogP contribution is 2.46. The molecular weight excluding hydrogens is 304 g/mol. The van der Waals surface area contributed by atoms with Crippen molar-refractivity contribution in [3.63, 3.8) is 0 Å². The van der Waals surface area contributed by atoms with Crippen molar-refractivity contribution in [3.05, 3.63) is 54.1 Å². The van der Waals surface area contributed by atoms with Crippen molar-refractivity contribution >= 4 is 5.91 Å². The van der Waals surface area contributed by atoms with Crippen LogP contribution in [0.1, 0.15) is 17.3 Å². The Morgan fingerprint density at radius 1 is 1.38 bits per heavy atom. The van der Waals surface area contributed by atoms with Gasteiger partial charge in [0.2, 0.25) is 5.91 Å². The first-order chi connectivity index (χ1) is 11.7. The lowest BCUT2D eigenvalue weighted by molar-refractivity contribution is -0.126. The number of amides is 1. The van der Waals surface area contributed by atoms with Gasteiger partial charge >= 0.3 is 0 Å². The second kappa shape index (κ2) is 6.20. The SMILES string of the molecule is CN1C[C@@H](C(=O)NCc2cnccn2)[C@@H]2COc3ccccc3[C@@H]21. The molecule has 0 aliphatic carbocycles. The minimum Gasteiger partial charge on any atom is -0.493 e. The van der Waals surface area contributed by atoms with Crippen molar-refractivity contribution in [2.75, 3.05) is 20.2 Å². The van der Waals surface area contributed by atoms with Gasteiger partial charge in [0.25, 0.3) is 0 Å². The van der Waals surface area contributed by atoms with Crippen LogP contribution in [0.4, 0.5) is 0 Å². The average molecular weight is 324 g/mol. The number of hydrogen-bond acceptors (Lipinski definition) is 5. The molecule has 2 aromatic rings. The number of nitrogens with zero attached hydrogens (tertiary/aromatic N) is 3. The molecule has 0 saturated carbocycles. The normalized spacial score (nSPS) is 25.5. The van der Waals surface area contributed by atoms with Gasteiger partial charge in [0, 0.05) is 36.5 Å². The summed E-state index contributed by atoms with van der Waals surface area (Å²) in [7, 11) is 2.08. The number of carbonyl (C=O) groups excluding carboxylic acids is 1. The molecule has 4 rings (SSSR count). The van der Waals surface area contributed by atoms with Gasteiger partial charge in [-0.2, -0.15) is 0 Å². The Balaban J connectivity index is 1.49. The van der Waals surface area contributed by atoms with Gasteiger partial charge in [-0.3, -0.25) is 19.7 Å². The van der Waals surface area contributed by atoms with Gasteiger partial charge in [-0.05, 0) is 13.1 Å². The zero-order valence-corrected chi connectivity index (χ0v) is 13.6. The van der Waals surface area contributed by atoms with E-state index in [0.717, 1.165) is 18.0 Å². The van der Waals surface area contributed by atoms with Gasteiger partial charge in [0.15, 0.2) is 0 Å². The zero-order valence-electron chi connectivity index (χ0n) is 13.6. The number of benzene rings is 1. The Kier molecular flexibility index (Phi) is 3.90. The Morgan fingerprint density at radius 3 is 3.08 bits per heavy atom. The Bertz CT molecular complexity index is 737. The highest BCUT2D eigenvalue weighted by atomic mass is 16.5. The van der Waals surface area contributed by atoms with Gasteiger partial charge in [-0.25, -0.2) is 0 Å². The minimum absolute atomic E-state index is 0.0583. The number of likely N-dealkylation sites (tertiary alicyclic amines) is 1. The second-order valence-corrected chi connectivity index (χ2v) is 6.42. The van der Waals surface area contributed by atoms with Crippen LogP contribution >= 0.6 is 0 Å². The van der Waals surface area contributed by atoms with Crippen LogP contribution in [0.2, 0.25) is 0 Å². The molecular formula is C18H20N4O2. The largest absolute Gasteiger partial charge is 0.493 e. The van der Waals surface area contributed by atoms with Gasteiger partial charge in [0.1, 0.15) is 5.75 Å². The van der Waals surface area contributed by atoms with Crippen LogP contribution in [-0.2, 0) is 11.3 Å². The van der Waals surface area contributed by atoms with E-state index in [1.54, 1.807) is 18.6 Å². The number of nitrogens with one attached hydrogen (secondary N) is 1. The maximum absolute atomic E-state index is 12.7. The van der Waals surface area contributed by atoms with Crippen LogP contribution in [0.15, 0.2) is 42.9 Å². The summed E-state index contributed by atoms with van der Waals surface area (Å²) in [5.74, 6) is 1.09. The molecule has 1 N–H and O–H groups in total. The Morgan fingerprint density at radius 2 is 2.25 bits per heavy atom. The summed E-state index contributed by atoms with van der Waals surface area (Å²) < 4.78 is 5.90. The Labute approximate surface area is 140 Å². The maximum atomic E-state index is 12.7. The molecule has 0 bridgehead atoms. The maximum Gasteiger partial charge on any atom is 0.225 e. The van der Waals surface area contributed by atoms with Crippen LogP contribution in [0, 0.1) is 11.8 Å². The minimum atomic E-state index is -0.0787. The standard InChI is InChI=1S/C18H20N4O2/c1-22-10-14(18(23)21-9-12-8-19-6-7-20-12)15-11-24-16-5-3-2-4-13(16)17(15)22/h2-8,14-15,17H,9-11H2,1H3,(H,21,23)/t14-,15+,17+/m1/s1. The third-order valence-electron chi connectivity index (χ3n) is 4.95. The van der Waals surface area contributed by atoms with E-state index in [-0.39, 0.29) is 23.8 Å². The zero-order chi connectivity index (χ0) is 16.5. The van der Waals surface area contributed by atoms with Gasteiger partial charge in [-0.1, -0.05) is 18.2 Å². The van der Waals surface area contributed by atoms with E-state index < -0.39 is 0 Å². The lowest BCUT2D eigenvalue weighted by Gasteiger charge is -2.32. The fourth-order valence-corrected chi connectivity index (χ4v) is 3.83. The second-order valence-electron chi connectivity index (χ2n) is 6.42. The molecule has 2 aliphatic heterocycles. The summed E-state index contributed by atoms with van der Waals surface area (Å²) >= 11 is 0. The quantitative estimate of drug-likeness (QED) is 0.924. The molecule has 0 radical (unpaired) electrons. The summed E-state index contributed by atoms with van der Waals surface area (Å²) in [5, 5.41) is 2.99. The van der Waals surface area contributed by atoms with Crippen LogP contribution in [-0.4, -0.2) is 41.0 Å². The molecule has 1 aromatic carbocycles. The molecule has 1 fully saturated rings. The van der Waals surface area contributed by atoms with Crippen molar-refractivity contribution in [2.45, 2.75) is 12.6 Å². The molecule has 1 saturated heterocycles. The third-order valence-corrected chi connectivity index (χ3v) is 4.95. The van der Waals surface area contributed by atoms with E-state index >= 15 is 0 Å². The van der Waals surface area contributed by atoms with E-state index in [9.17, 15) is 4.79 Å². The first-order valence-corrected chi connectivity index (χ1v) is 8.18. The summed E-state index contributed by atoms with van der Waals surface area (Å²) in [6, 6.07) is 8.35. The van der Waals surface area contributed by atoms with Crippen LogP contribution in [0.3, 0.4) is 0 Å². The molecule has 6 nitrogen and oxygen atoms in total. The van der Waals surface area contributed by atoms with Crippen LogP contribution in [0.5, 0.6) is 5.75 Å². The van der Waals surface area contributed by atoms with Crippen LogP contribution in [0.25, 0.3) is 0 Å². The van der Waals surface area contributed by atoms with Crippen LogP contribution < -0.4 is 10.1 Å². The summed E-state index contributed by atoms with van der Waals surface area (Å²) in [4.78, 5) is 23.2. The van der Waals surface area contributed by atoms with E-state index in [1.807, 2.05) is 18.2 Å². The molecule has 1 aromatic heterocycles. The first kappa shape index (κ1) is 15.1. The van der Waals surface area contributed by atoms with Crippen molar-refractivity contribution in [3.8, 4) is 5.75 Å². The average Bonchev–Trinajstić information content (AvgIpc) is 2.98. The fraction of sp³-hybridized carbons (Fsp3) is 0.389. The number of aromatic nitrogens is 2. The summed E-state index contributed by atoms with van der Waals surface area (Å²) in [5.41, 5.74) is 1.94. The van der Waals surface area contributed by atoms with Gasteiger partial charge in [-0.15, -0.1) is 0 Å². The van der Waals surface area contributed by atoms with E-state index in [2.05, 4.69) is 33.3 Å². The van der Waals surface area contributed by atoms with Gasteiger partial charge < -0.3 is 10.1 Å². The third kappa shape index (κ3) is 2.63. The van der Waals surface area contributed by atoms with E-state index in [0.29, 0.717) is 13.2 Å². The monoisotopic (exact) mass is 324 g/mol. The number of ether oxygens (including phenoxy) is 1. The van der Waals surface area contributed by atoms with E-state index in [1.165, 1.54) is 5.56 Å². The first-order valence-electron chi connectivity index (χ1n) is 8.18. The predicted molar refractivity (Wildman–Crippen MR) is 88.2 cm³/mol. The molecule has 6 heteroatoms. The molecule has 3 atom stereocenters. The number of carbonyl (C=O) groups is 1. The number of fused-ring (bicyclic) bond motifs is 3. The smallest absolute Gasteiger partial charge is 0.225 e. The summed E-state index contributed by atoms with van der Waals surface area (Å²) in [6.07, 6.45) is 4.93. The van der Waals surface area contributed by atoms with Gasteiger partial charge in [0.05, 0.1) is 31.0 Å². The van der Waals surface area contributed by atoms with Crippen molar-refractivity contribution in [1.29, 1.82) is 0 Å². The highest BCUT2D eigenvalue weighted by Gasteiger charge is 2.47. The molecule has 2 aliphatic rings. The fourth-order valence-electron chi connectivity index (χ4n) is 3.83. The number of rotatable bonds is 3. The molecule has 1 amide bonds. The molecule has 3 heterocycles. The molecule has 0 unspecified atom stereocenters. The highest BCUT2D eigenvalue weighted by molar-refractivity contribution is 5.80. The van der Waals surface area contributed by atoms with E-state index in [4.69, 9.17) is 4.74 Å². The lowest BCUT2D eigenvalue weighted by atomic mass is 9.85.